The van der Waals surface area contributed by atoms with Gasteiger partial charge in [-0.25, -0.2) is 4.98 Å². The number of fused-ring (bicyclic) bond motifs is 1. The van der Waals surface area contributed by atoms with Gasteiger partial charge in [0.25, 0.3) is 5.91 Å². The molecule has 0 spiro atoms. The molecule has 0 unspecified atom stereocenters. The first-order chi connectivity index (χ1) is 13.4. The largest absolute Gasteiger partial charge is 0.417 e. The molecule has 0 bridgehead atoms. The third-order valence-electron chi connectivity index (χ3n) is 4.61. The predicted molar refractivity (Wildman–Crippen MR) is 96.7 cm³/mol. The van der Waals surface area contributed by atoms with Crippen LogP contribution in [0.15, 0.2) is 48.8 Å². The van der Waals surface area contributed by atoms with E-state index in [9.17, 15) is 18.0 Å². The van der Waals surface area contributed by atoms with E-state index in [0.717, 1.165) is 17.5 Å². The van der Waals surface area contributed by atoms with Crippen molar-refractivity contribution in [2.45, 2.75) is 19.3 Å². The van der Waals surface area contributed by atoms with Crippen molar-refractivity contribution >= 4 is 17.5 Å². The van der Waals surface area contributed by atoms with E-state index < -0.39 is 22.7 Å². The molecular weight excluding hydrogens is 393 g/mol. The Morgan fingerprint density at radius 1 is 1.07 bits per heavy atom. The first-order valence-corrected chi connectivity index (χ1v) is 8.85. The van der Waals surface area contributed by atoms with Gasteiger partial charge in [0.15, 0.2) is 0 Å². The Kier molecular flexibility index (Phi) is 4.58. The Labute approximate surface area is 163 Å². The lowest BCUT2D eigenvalue weighted by molar-refractivity contribution is -0.137. The van der Waals surface area contributed by atoms with E-state index in [0.29, 0.717) is 18.9 Å². The van der Waals surface area contributed by atoms with Crippen LogP contribution in [0.4, 0.5) is 13.2 Å². The van der Waals surface area contributed by atoms with Crippen LogP contribution in [-0.4, -0.2) is 31.9 Å². The number of hydrogen-bond donors (Lipinski definition) is 0. The van der Waals surface area contributed by atoms with Gasteiger partial charge < -0.3 is 9.47 Å². The molecular formula is C19H14ClF3N4O. The summed E-state index contributed by atoms with van der Waals surface area (Å²) in [6, 6.07) is 8.91. The van der Waals surface area contributed by atoms with Crippen LogP contribution in [0.1, 0.15) is 21.7 Å². The molecule has 1 amide bonds. The second-order valence-corrected chi connectivity index (χ2v) is 6.70. The molecule has 0 saturated heterocycles. The van der Waals surface area contributed by atoms with Crippen molar-refractivity contribution in [3.8, 4) is 11.4 Å². The maximum Gasteiger partial charge on any atom is 0.417 e. The Bertz CT molecular complexity index is 1030. The topological polar surface area (TPSA) is 51.0 Å². The maximum absolute atomic E-state index is 13.1. The fourth-order valence-corrected chi connectivity index (χ4v) is 3.55. The zero-order chi connectivity index (χ0) is 19.9. The molecule has 0 radical (unpaired) electrons. The van der Waals surface area contributed by atoms with Gasteiger partial charge in [-0.15, -0.1) is 0 Å². The van der Waals surface area contributed by atoms with Crippen molar-refractivity contribution in [2.24, 2.45) is 0 Å². The van der Waals surface area contributed by atoms with Crippen molar-refractivity contribution in [2.75, 3.05) is 6.54 Å². The van der Waals surface area contributed by atoms with Crippen molar-refractivity contribution in [3.63, 3.8) is 0 Å². The molecule has 0 atom stereocenters. The van der Waals surface area contributed by atoms with Crippen LogP contribution in [0, 0.1) is 0 Å². The molecule has 1 aliphatic heterocycles. The van der Waals surface area contributed by atoms with Gasteiger partial charge in [0.1, 0.15) is 5.82 Å². The lowest BCUT2D eigenvalue weighted by Gasteiger charge is -2.29. The molecule has 4 rings (SSSR count). The van der Waals surface area contributed by atoms with Crippen LogP contribution in [0.25, 0.3) is 11.4 Å². The number of nitrogens with zero attached hydrogens (tertiary/aromatic N) is 4. The zero-order valence-corrected chi connectivity index (χ0v) is 15.2. The number of halogens is 4. The number of benzene rings is 1. The van der Waals surface area contributed by atoms with Crippen molar-refractivity contribution in [3.05, 3.63) is 70.8 Å². The summed E-state index contributed by atoms with van der Waals surface area (Å²) in [5.74, 6) is 0.0908. The smallest absolute Gasteiger partial charge is 0.329 e. The summed E-state index contributed by atoms with van der Waals surface area (Å²) in [6.07, 6.45) is -1.25. The van der Waals surface area contributed by atoms with Crippen molar-refractivity contribution < 1.29 is 18.0 Å². The Morgan fingerprint density at radius 2 is 1.89 bits per heavy atom. The second-order valence-electron chi connectivity index (χ2n) is 6.32. The molecule has 0 aliphatic carbocycles. The zero-order valence-electron chi connectivity index (χ0n) is 14.4. The minimum atomic E-state index is -4.62. The monoisotopic (exact) mass is 406 g/mol. The third kappa shape index (κ3) is 3.24. The van der Waals surface area contributed by atoms with Crippen LogP contribution < -0.4 is 0 Å². The average molecular weight is 407 g/mol. The normalized spacial score (nSPS) is 14.1. The number of amides is 1. The SMILES string of the molecule is O=C(c1cccc(C(F)(F)F)c1Cl)N1CCn2c(-c3ccccn3)cnc2C1. The molecule has 9 heteroatoms. The molecule has 0 saturated carbocycles. The van der Waals surface area contributed by atoms with Crippen molar-refractivity contribution in [1.82, 2.24) is 19.4 Å². The van der Waals surface area contributed by atoms with Crippen LogP contribution in [0.2, 0.25) is 5.02 Å². The van der Waals surface area contributed by atoms with Crippen LogP contribution >= 0.6 is 11.6 Å². The number of alkyl halides is 3. The van der Waals surface area contributed by atoms with Crippen molar-refractivity contribution in [1.29, 1.82) is 0 Å². The fourth-order valence-electron chi connectivity index (χ4n) is 3.24. The Balaban J connectivity index is 1.61. The Morgan fingerprint density at radius 3 is 2.61 bits per heavy atom. The molecule has 0 fully saturated rings. The van der Waals surface area contributed by atoms with Gasteiger partial charge in [-0.1, -0.05) is 23.7 Å². The van der Waals surface area contributed by atoms with Crippen LogP contribution in [0.3, 0.4) is 0 Å². The highest BCUT2D eigenvalue weighted by Gasteiger charge is 2.35. The highest BCUT2D eigenvalue weighted by atomic mass is 35.5. The molecule has 5 nitrogen and oxygen atoms in total. The summed E-state index contributed by atoms with van der Waals surface area (Å²) in [5, 5.41) is -0.580. The Hall–Kier alpha value is -2.87. The molecule has 3 aromatic rings. The summed E-state index contributed by atoms with van der Waals surface area (Å²) in [4.78, 5) is 22.9. The van der Waals surface area contributed by atoms with Gasteiger partial charge in [-0.3, -0.25) is 9.78 Å². The second kappa shape index (κ2) is 6.94. The van der Waals surface area contributed by atoms with Gasteiger partial charge >= 0.3 is 6.18 Å². The average Bonchev–Trinajstić information content (AvgIpc) is 3.10. The third-order valence-corrected chi connectivity index (χ3v) is 5.02. The summed E-state index contributed by atoms with van der Waals surface area (Å²) in [5.41, 5.74) is 0.416. The number of hydrogen-bond acceptors (Lipinski definition) is 3. The van der Waals surface area contributed by atoms with E-state index in [4.69, 9.17) is 11.6 Å². The molecule has 0 N–H and O–H groups in total. The van der Waals surface area contributed by atoms with E-state index in [1.54, 1.807) is 12.4 Å². The van der Waals surface area contributed by atoms with Crippen LogP contribution in [0.5, 0.6) is 0 Å². The lowest BCUT2D eigenvalue weighted by Crippen LogP contribution is -2.38. The van der Waals surface area contributed by atoms with Gasteiger partial charge in [0.05, 0.1) is 40.3 Å². The van der Waals surface area contributed by atoms with Gasteiger partial charge in [-0.2, -0.15) is 13.2 Å². The maximum atomic E-state index is 13.1. The highest BCUT2D eigenvalue weighted by Crippen LogP contribution is 2.36. The number of aromatic nitrogens is 3. The van der Waals surface area contributed by atoms with E-state index in [1.807, 2.05) is 22.8 Å². The molecule has 1 aliphatic rings. The standard InChI is InChI=1S/C19H14ClF3N4O/c20-17-12(4-3-5-13(17)19(21,22)23)18(28)26-8-9-27-15(10-25-16(27)11-26)14-6-1-2-7-24-14/h1-7,10H,8-9,11H2. The number of imidazole rings is 1. The summed E-state index contributed by atoms with van der Waals surface area (Å²) in [7, 11) is 0. The fraction of sp³-hybridized carbons (Fsp3) is 0.211. The molecule has 1 aromatic carbocycles. The minimum Gasteiger partial charge on any atom is -0.329 e. The predicted octanol–water partition coefficient (Wildman–Crippen LogP) is 4.27. The molecule has 144 valence electrons. The van der Waals surface area contributed by atoms with Gasteiger partial charge in [0.2, 0.25) is 0 Å². The first kappa shape index (κ1) is 18.5. The number of carbonyl (C=O) groups excluding carboxylic acids is 1. The molecule has 3 heterocycles. The van der Waals surface area contributed by atoms with E-state index in [-0.39, 0.29) is 12.1 Å². The van der Waals surface area contributed by atoms with E-state index >= 15 is 0 Å². The number of pyridine rings is 1. The summed E-state index contributed by atoms with van der Waals surface area (Å²) in [6.45, 7) is 0.969. The minimum absolute atomic E-state index is 0.165. The first-order valence-electron chi connectivity index (χ1n) is 8.47. The van der Waals surface area contributed by atoms with Gasteiger partial charge in [0, 0.05) is 19.3 Å². The number of rotatable bonds is 2. The summed E-state index contributed by atoms with van der Waals surface area (Å²) < 4.78 is 41.2. The van der Waals surface area contributed by atoms with Gasteiger partial charge in [-0.05, 0) is 24.3 Å². The molecule has 28 heavy (non-hydrogen) atoms. The van der Waals surface area contributed by atoms with E-state index in [1.165, 1.54) is 17.0 Å². The quantitative estimate of drug-likeness (QED) is 0.638. The number of carbonyl (C=O) groups is 1. The van der Waals surface area contributed by atoms with Crippen LogP contribution in [-0.2, 0) is 19.3 Å². The van der Waals surface area contributed by atoms with E-state index in [2.05, 4.69) is 9.97 Å². The lowest BCUT2D eigenvalue weighted by atomic mass is 10.1. The molecule has 2 aromatic heterocycles. The highest BCUT2D eigenvalue weighted by molar-refractivity contribution is 6.34. The summed E-state index contributed by atoms with van der Waals surface area (Å²) >= 11 is 5.90.